The fourth-order valence-electron chi connectivity index (χ4n) is 3.52. The average molecular weight is 288 g/mol. The third-order valence-corrected chi connectivity index (χ3v) is 4.81. The molecule has 1 N–H and O–H groups in total. The Bertz CT molecular complexity index is 472. The molecule has 1 amide bonds. The summed E-state index contributed by atoms with van der Waals surface area (Å²) >= 11 is 0. The van der Waals surface area contributed by atoms with Crippen molar-refractivity contribution in [3.8, 4) is 5.75 Å². The van der Waals surface area contributed by atoms with E-state index in [2.05, 4.69) is 4.90 Å². The van der Waals surface area contributed by atoms with Gasteiger partial charge in [0.1, 0.15) is 5.75 Å². The van der Waals surface area contributed by atoms with E-state index < -0.39 is 0 Å². The van der Waals surface area contributed by atoms with Gasteiger partial charge in [-0.1, -0.05) is 19.3 Å². The number of hydrogen-bond acceptors (Lipinski definition) is 3. The van der Waals surface area contributed by atoms with Gasteiger partial charge in [-0.05, 0) is 37.1 Å². The Morgan fingerprint density at radius 1 is 0.952 bits per heavy atom. The van der Waals surface area contributed by atoms with Gasteiger partial charge in [-0.25, -0.2) is 0 Å². The normalized spacial score (nSPS) is 21.4. The molecule has 21 heavy (non-hydrogen) atoms. The molecule has 1 saturated carbocycles. The molecule has 1 aromatic carbocycles. The molecule has 0 radical (unpaired) electrons. The minimum Gasteiger partial charge on any atom is -0.508 e. The second-order valence-electron chi connectivity index (χ2n) is 6.17. The van der Waals surface area contributed by atoms with E-state index in [1.54, 1.807) is 24.3 Å². The Kier molecular flexibility index (Phi) is 4.44. The summed E-state index contributed by atoms with van der Waals surface area (Å²) < 4.78 is 0. The average Bonchev–Trinajstić information content (AvgIpc) is 2.56. The smallest absolute Gasteiger partial charge is 0.253 e. The zero-order valence-electron chi connectivity index (χ0n) is 12.5. The molecule has 0 bridgehead atoms. The number of amides is 1. The number of piperazine rings is 1. The summed E-state index contributed by atoms with van der Waals surface area (Å²) in [6.07, 6.45) is 6.75. The van der Waals surface area contributed by atoms with Gasteiger partial charge in [-0.2, -0.15) is 0 Å². The summed E-state index contributed by atoms with van der Waals surface area (Å²) in [6, 6.07) is 7.29. The monoisotopic (exact) mass is 288 g/mol. The summed E-state index contributed by atoms with van der Waals surface area (Å²) in [5.41, 5.74) is 0.666. The highest BCUT2D eigenvalue weighted by molar-refractivity contribution is 5.94. The van der Waals surface area contributed by atoms with E-state index in [4.69, 9.17) is 0 Å². The second kappa shape index (κ2) is 6.48. The van der Waals surface area contributed by atoms with E-state index in [0.717, 1.165) is 32.2 Å². The summed E-state index contributed by atoms with van der Waals surface area (Å²) in [6.45, 7) is 3.62. The van der Waals surface area contributed by atoms with Crippen LogP contribution in [-0.2, 0) is 0 Å². The predicted molar refractivity (Wildman–Crippen MR) is 82.5 cm³/mol. The number of phenols is 1. The minimum absolute atomic E-state index is 0.0818. The summed E-state index contributed by atoms with van der Waals surface area (Å²) in [7, 11) is 0. The zero-order chi connectivity index (χ0) is 14.7. The molecule has 1 aliphatic heterocycles. The molecule has 4 nitrogen and oxygen atoms in total. The number of carbonyl (C=O) groups excluding carboxylic acids is 1. The van der Waals surface area contributed by atoms with Crippen LogP contribution in [0.4, 0.5) is 0 Å². The largest absolute Gasteiger partial charge is 0.508 e. The summed E-state index contributed by atoms with van der Waals surface area (Å²) in [4.78, 5) is 16.9. The van der Waals surface area contributed by atoms with Crippen LogP contribution in [-0.4, -0.2) is 53.0 Å². The first-order chi connectivity index (χ1) is 10.2. The molecule has 4 heteroatoms. The maximum atomic E-state index is 12.4. The van der Waals surface area contributed by atoms with E-state index >= 15 is 0 Å². The van der Waals surface area contributed by atoms with Gasteiger partial charge >= 0.3 is 0 Å². The van der Waals surface area contributed by atoms with Gasteiger partial charge in [0, 0.05) is 37.8 Å². The number of nitrogens with zero attached hydrogens (tertiary/aromatic N) is 2. The first-order valence-electron chi connectivity index (χ1n) is 8.06. The first kappa shape index (κ1) is 14.4. The standard InChI is InChI=1S/C17H24N2O2/c20-16-8-6-14(7-9-16)17(21)19-12-10-18(11-13-19)15-4-2-1-3-5-15/h6-9,15,20H,1-5,10-13H2. The SMILES string of the molecule is O=C(c1ccc(O)cc1)N1CCN(C2CCCCC2)CC1. The molecule has 3 rings (SSSR count). The summed E-state index contributed by atoms with van der Waals surface area (Å²) in [5.74, 6) is 0.284. The highest BCUT2D eigenvalue weighted by atomic mass is 16.3. The van der Waals surface area contributed by atoms with Crippen molar-refractivity contribution in [2.45, 2.75) is 38.1 Å². The Hall–Kier alpha value is -1.55. The van der Waals surface area contributed by atoms with Crippen LogP contribution in [0, 0.1) is 0 Å². The zero-order valence-corrected chi connectivity index (χ0v) is 12.5. The molecule has 1 saturated heterocycles. The van der Waals surface area contributed by atoms with E-state index in [1.165, 1.54) is 32.1 Å². The van der Waals surface area contributed by atoms with Gasteiger partial charge in [0.2, 0.25) is 0 Å². The molecular weight excluding hydrogens is 264 g/mol. The quantitative estimate of drug-likeness (QED) is 0.909. The lowest BCUT2D eigenvalue weighted by molar-refractivity contribution is 0.0523. The lowest BCUT2D eigenvalue weighted by atomic mass is 9.94. The molecule has 114 valence electrons. The number of benzene rings is 1. The van der Waals surface area contributed by atoms with E-state index in [9.17, 15) is 9.90 Å². The topological polar surface area (TPSA) is 43.8 Å². The van der Waals surface area contributed by atoms with Crippen LogP contribution in [0.3, 0.4) is 0 Å². The van der Waals surface area contributed by atoms with Crippen molar-refractivity contribution < 1.29 is 9.90 Å². The van der Waals surface area contributed by atoms with Gasteiger partial charge in [0.05, 0.1) is 0 Å². The van der Waals surface area contributed by atoms with Crippen LogP contribution in [0.1, 0.15) is 42.5 Å². The fraction of sp³-hybridized carbons (Fsp3) is 0.588. The minimum atomic E-state index is 0.0818. The van der Waals surface area contributed by atoms with Gasteiger partial charge < -0.3 is 10.0 Å². The van der Waals surface area contributed by atoms with Crippen molar-refractivity contribution in [2.24, 2.45) is 0 Å². The number of phenolic OH excluding ortho intramolecular Hbond substituents is 1. The molecule has 0 unspecified atom stereocenters. The molecule has 0 atom stereocenters. The third-order valence-electron chi connectivity index (χ3n) is 4.81. The van der Waals surface area contributed by atoms with Crippen molar-refractivity contribution >= 4 is 5.91 Å². The van der Waals surface area contributed by atoms with Crippen molar-refractivity contribution in [1.29, 1.82) is 0 Å². The van der Waals surface area contributed by atoms with Crippen molar-refractivity contribution in [3.05, 3.63) is 29.8 Å². The van der Waals surface area contributed by atoms with Gasteiger partial charge in [-0.15, -0.1) is 0 Å². The maximum Gasteiger partial charge on any atom is 0.253 e. The maximum absolute atomic E-state index is 12.4. The molecule has 2 aliphatic rings. The van der Waals surface area contributed by atoms with Crippen molar-refractivity contribution in [2.75, 3.05) is 26.2 Å². The lowest BCUT2D eigenvalue weighted by Gasteiger charge is -2.40. The molecule has 0 aromatic heterocycles. The van der Waals surface area contributed by atoms with E-state index in [1.807, 2.05) is 4.90 Å². The van der Waals surface area contributed by atoms with Gasteiger partial charge in [0.25, 0.3) is 5.91 Å². The highest BCUT2D eigenvalue weighted by Gasteiger charge is 2.27. The van der Waals surface area contributed by atoms with E-state index in [-0.39, 0.29) is 11.7 Å². The lowest BCUT2D eigenvalue weighted by Crippen LogP contribution is -2.52. The van der Waals surface area contributed by atoms with Crippen LogP contribution < -0.4 is 0 Å². The molecule has 1 aromatic rings. The van der Waals surface area contributed by atoms with Crippen molar-refractivity contribution in [3.63, 3.8) is 0 Å². The number of hydrogen-bond donors (Lipinski definition) is 1. The first-order valence-corrected chi connectivity index (χ1v) is 8.06. The number of aromatic hydroxyl groups is 1. The number of rotatable bonds is 2. The predicted octanol–water partition coefficient (Wildman–Crippen LogP) is 2.48. The molecule has 0 spiro atoms. The van der Waals surface area contributed by atoms with Gasteiger partial charge in [-0.3, -0.25) is 9.69 Å². The van der Waals surface area contributed by atoms with Crippen molar-refractivity contribution in [1.82, 2.24) is 9.80 Å². The van der Waals surface area contributed by atoms with Crippen LogP contribution in [0.25, 0.3) is 0 Å². The molecule has 1 aliphatic carbocycles. The Labute approximate surface area is 126 Å². The highest BCUT2D eigenvalue weighted by Crippen LogP contribution is 2.24. The Balaban J connectivity index is 1.55. The van der Waals surface area contributed by atoms with Crippen LogP contribution in [0.2, 0.25) is 0 Å². The molecule has 1 heterocycles. The van der Waals surface area contributed by atoms with E-state index in [0.29, 0.717) is 5.56 Å². The van der Waals surface area contributed by atoms with Crippen LogP contribution in [0.15, 0.2) is 24.3 Å². The Morgan fingerprint density at radius 2 is 1.57 bits per heavy atom. The molecule has 2 fully saturated rings. The number of carbonyl (C=O) groups is 1. The second-order valence-corrected chi connectivity index (χ2v) is 6.17. The molecular formula is C17H24N2O2. The third kappa shape index (κ3) is 3.38. The van der Waals surface area contributed by atoms with Crippen LogP contribution >= 0.6 is 0 Å². The van der Waals surface area contributed by atoms with Gasteiger partial charge in [0.15, 0.2) is 0 Å². The fourth-order valence-corrected chi connectivity index (χ4v) is 3.52. The Morgan fingerprint density at radius 3 is 2.19 bits per heavy atom. The van der Waals surface area contributed by atoms with Crippen LogP contribution in [0.5, 0.6) is 5.75 Å². The summed E-state index contributed by atoms with van der Waals surface area (Å²) in [5, 5.41) is 9.30.